The zero-order valence-electron chi connectivity index (χ0n) is 10.8. The number of aryl methyl sites for hydroxylation is 1. The van der Waals surface area contributed by atoms with Gasteiger partial charge in [0, 0.05) is 12.4 Å². The molecule has 0 unspecified atom stereocenters. The molecule has 19 heavy (non-hydrogen) atoms. The molecule has 0 spiro atoms. The average Bonchev–Trinajstić information content (AvgIpc) is 2.91. The van der Waals surface area contributed by atoms with Crippen LogP contribution in [0.25, 0.3) is 11.4 Å². The molecule has 0 radical (unpaired) electrons. The molecule has 0 N–H and O–H groups in total. The minimum atomic E-state index is 0.791. The van der Waals surface area contributed by atoms with Crippen LogP contribution in [0.2, 0.25) is 0 Å². The van der Waals surface area contributed by atoms with Crippen LogP contribution in [0.4, 0.5) is 0 Å². The average molecular weight is 249 g/mol. The van der Waals surface area contributed by atoms with Crippen molar-refractivity contribution in [2.24, 2.45) is 0 Å². The molecule has 2 heterocycles. The third-order valence-corrected chi connectivity index (χ3v) is 3.16. The van der Waals surface area contributed by atoms with E-state index in [2.05, 4.69) is 41.3 Å². The van der Waals surface area contributed by atoms with Crippen molar-refractivity contribution in [1.29, 1.82) is 0 Å². The first-order chi connectivity index (χ1) is 9.33. The van der Waals surface area contributed by atoms with Crippen LogP contribution in [0.3, 0.4) is 0 Å². The molecule has 0 amide bonds. The minimum Gasteiger partial charge on any atom is -0.268 e. The topological polar surface area (TPSA) is 30.7 Å². The molecule has 3 heteroatoms. The Kier molecular flexibility index (Phi) is 3.11. The fourth-order valence-electron chi connectivity index (χ4n) is 2.06. The van der Waals surface area contributed by atoms with E-state index in [9.17, 15) is 0 Å². The molecule has 0 aliphatic rings. The first-order valence-electron chi connectivity index (χ1n) is 6.32. The lowest BCUT2D eigenvalue weighted by Crippen LogP contribution is -2.02. The smallest absolute Gasteiger partial charge is 0.111 e. The number of pyridine rings is 1. The van der Waals surface area contributed by atoms with Gasteiger partial charge in [-0.15, -0.1) is 0 Å². The molecule has 0 aliphatic heterocycles. The van der Waals surface area contributed by atoms with Crippen molar-refractivity contribution in [3.8, 4) is 11.4 Å². The molecular weight excluding hydrogens is 234 g/mol. The van der Waals surface area contributed by atoms with Crippen LogP contribution in [0.15, 0.2) is 60.9 Å². The van der Waals surface area contributed by atoms with Gasteiger partial charge < -0.3 is 0 Å². The molecule has 1 aromatic carbocycles. The number of benzene rings is 1. The van der Waals surface area contributed by atoms with Crippen LogP contribution in [0.1, 0.15) is 11.1 Å². The highest BCUT2D eigenvalue weighted by molar-refractivity contribution is 5.52. The van der Waals surface area contributed by atoms with Gasteiger partial charge in [-0.25, -0.2) is 0 Å². The highest BCUT2D eigenvalue weighted by Gasteiger charge is 2.04. The summed E-state index contributed by atoms with van der Waals surface area (Å²) in [6.07, 6.45) is 3.78. The van der Waals surface area contributed by atoms with Gasteiger partial charge in [0.2, 0.25) is 0 Å². The summed E-state index contributed by atoms with van der Waals surface area (Å²) in [5.41, 5.74) is 4.40. The molecule has 0 aliphatic carbocycles. The Balaban J connectivity index is 1.85. The van der Waals surface area contributed by atoms with Gasteiger partial charge >= 0.3 is 0 Å². The molecule has 0 bridgehead atoms. The number of rotatable bonds is 3. The maximum atomic E-state index is 4.57. The van der Waals surface area contributed by atoms with E-state index < -0.39 is 0 Å². The zero-order valence-corrected chi connectivity index (χ0v) is 10.8. The van der Waals surface area contributed by atoms with Gasteiger partial charge in [0.1, 0.15) is 5.69 Å². The summed E-state index contributed by atoms with van der Waals surface area (Å²) < 4.78 is 1.95. The quantitative estimate of drug-likeness (QED) is 0.713. The van der Waals surface area contributed by atoms with Gasteiger partial charge in [0.05, 0.1) is 12.2 Å². The first kappa shape index (κ1) is 11.7. The van der Waals surface area contributed by atoms with Crippen LogP contribution in [-0.2, 0) is 6.54 Å². The van der Waals surface area contributed by atoms with E-state index in [0.717, 1.165) is 17.9 Å². The molecular formula is C16H15N3. The molecule has 0 saturated carbocycles. The number of hydrogen-bond donors (Lipinski definition) is 0. The second-order valence-electron chi connectivity index (χ2n) is 4.54. The van der Waals surface area contributed by atoms with Gasteiger partial charge in [-0.3, -0.25) is 9.67 Å². The largest absolute Gasteiger partial charge is 0.268 e. The number of nitrogens with zero attached hydrogens (tertiary/aromatic N) is 3. The monoisotopic (exact) mass is 249 g/mol. The van der Waals surface area contributed by atoms with Crippen molar-refractivity contribution in [2.45, 2.75) is 13.5 Å². The van der Waals surface area contributed by atoms with Crippen LogP contribution >= 0.6 is 0 Å². The molecule has 0 atom stereocenters. The summed E-state index contributed by atoms with van der Waals surface area (Å²) >= 11 is 0. The van der Waals surface area contributed by atoms with Gasteiger partial charge in [-0.05, 0) is 36.2 Å². The number of aromatic nitrogens is 3. The fraction of sp³-hybridized carbons (Fsp3) is 0.125. The van der Waals surface area contributed by atoms with E-state index in [1.807, 2.05) is 35.1 Å². The Bertz CT molecular complexity index is 671. The highest BCUT2D eigenvalue weighted by Crippen LogP contribution is 2.14. The highest BCUT2D eigenvalue weighted by atomic mass is 15.3. The summed E-state index contributed by atoms with van der Waals surface area (Å²) in [4.78, 5) is 4.31. The lowest BCUT2D eigenvalue weighted by Gasteiger charge is -2.05. The number of hydrogen-bond acceptors (Lipinski definition) is 2. The van der Waals surface area contributed by atoms with Gasteiger partial charge in [-0.1, -0.05) is 30.3 Å². The van der Waals surface area contributed by atoms with Crippen molar-refractivity contribution >= 4 is 0 Å². The predicted octanol–water partition coefficient (Wildman–Crippen LogP) is 3.30. The van der Waals surface area contributed by atoms with E-state index in [-0.39, 0.29) is 0 Å². The lowest BCUT2D eigenvalue weighted by molar-refractivity contribution is 0.686. The Morgan fingerprint density at radius 1 is 0.947 bits per heavy atom. The van der Waals surface area contributed by atoms with E-state index in [1.165, 1.54) is 11.1 Å². The van der Waals surface area contributed by atoms with E-state index in [4.69, 9.17) is 0 Å². The maximum absolute atomic E-state index is 4.57. The summed E-state index contributed by atoms with van der Waals surface area (Å²) in [6.45, 7) is 2.91. The fourth-order valence-corrected chi connectivity index (χ4v) is 2.06. The first-order valence-corrected chi connectivity index (χ1v) is 6.32. The van der Waals surface area contributed by atoms with Crippen LogP contribution in [-0.4, -0.2) is 14.8 Å². The van der Waals surface area contributed by atoms with E-state index in [1.54, 1.807) is 6.20 Å². The molecule has 0 saturated heterocycles. The second-order valence-corrected chi connectivity index (χ2v) is 4.54. The third kappa shape index (κ3) is 2.55. The second kappa shape index (κ2) is 5.06. The van der Waals surface area contributed by atoms with E-state index >= 15 is 0 Å². The van der Waals surface area contributed by atoms with E-state index in [0.29, 0.717) is 0 Å². The molecule has 2 aromatic heterocycles. The summed E-state index contributed by atoms with van der Waals surface area (Å²) in [5, 5.41) is 4.57. The van der Waals surface area contributed by atoms with Crippen molar-refractivity contribution in [2.75, 3.05) is 0 Å². The van der Waals surface area contributed by atoms with Crippen molar-refractivity contribution in [3.05, 3.63) is 72.1 Å². The Morgan fingerprint density at radius 3 is 2.58 bits per heavy atom. The molecule has 3 rings (SSSR count). The standard InChI is InChI=1S/C16H15N3/c1-13-6-2-3-7-14(13)12-19-11-9-16(18-19)15-8-4-5-10-17-15/h2-11H,12H2,1H3. The van der Waals surface area contributed by atoms with Crippen molar-refractivity contribution in [1.82, 2.24) is 14.8 Å². The molecule has 94 valence electrons. The summed E-state index contributed by atoms with van der Waals surface area (Å²) in [5.74, 6) is 0. The van der Waals surface area contributed by atoms with Gasteiger partial charge in [-0.2, -0.15) is 5.10 Å². The normalized spacial score (nSPS) is 10.6. The molecule has 3 aromatic rings. The predicted molar refractivity (Wildman–Crippen MR) is 75.7 cm³/mol. The van der Waals surface area contributed by atoms with Gasteiger partial charge in [0.15, 0.2) is 0 Å². The Labute approximate surface area is 112 Å². The van der Waals surface area contributed by atoms with Crippen molar-refractivity contribution < 1.29 is 0 Å². The SMILES string of the molecule is Cc1ccccc1Cn1ccc(-c2ccccn2)n1. The Hall–Kier alpha value is -2.42. The van der Waals surface area contributed by atoms with Crippen LogP contribution in [0.5, 0.6) is 0 Å². The van der Waals surface area contributed by atoms with Crippen LogP contribution < -0.4 is 0 Å². The maximum Gasteiger partial charge on any atom is 0.111 e. The molecule has 3 nitrogen and oxygen atoms in total. The van der Waals surface area contributed by atoms with Crippen LogP contribution in [0, 0.1) is 6.92 Å². The Morgan fingerprint density at radius 2 is 1.79 bits per heavy atom. The minimum absolute atomic E-state index is 0.791. The van der Waals surface area contributed by atoms with Crippen molar-refractivity contribution in [3.63, 3.8) is 0 Å². The third-order valence-electron chi connectivity index (χ3n) is 3.16. The summed E-state index contributed by atoms with van der Waals surface area (Å²) in [7, 11) is 0. The molecule has 0 fully saturated rings. The summed E-state index contributed by atoms with van der Waals surface area (Å²) in [6, 6.07) is 16.2. The lowest BCUT2D eigenvalue weighted by atomic mass is 10.1. The van der Waals surface area contributed by atoms with Gasteiger partial charge in [0.25, 0.3) is 0 Å². The zero-order chi connectivity index (χ0) is 13.1.